The summed E-state index contributed by atoms with van der Waals surface area (Å²) >= 11 is 0. The van der Waals surface area contributed by atoms with Gasteiger partial charge in [0.15, 0.2) is 0 Å². The molecule has 1 saturated carbocycles. The Bertz CT molecular complexity index is 468. The third kappa shape index (κ3) is 3.51. The number of aryl methyl sites for hydroxylation is 1. The van der Waals surface area contributed by atoms with Crippen molar-refractivity contribution in [1.29, 1.82) is 0 Å². The largest absolute Gasteiger partial charge is 0.496 e. The molecule has 1 aliphatic carbocycles. The molecule has 4 heteroatoms. The molecule has 2 rings (SSSR count). The highest BCUT2D eigenvalue weighted by Gasteiger charge is 2.23. The highest BCUT2D eigenvalue weighted by atomic mass is 16.5. The van der Waals surface area contributed by atoms with Crippen molar-refractivity contribution < 1.29 is 9.53 Å². The van der Waals surface area contributed by atoms with Crippen LogP contribution in [0.15, 0.2) is 18.2 Å². The van der Waals surface area contributed by atoms with E-state index in [9.17, 15) is 4.79 Å². The van der Waals surface area contributed by atoms with E-state index in [0.29, 0.717) is 6.04 Å². The number of carbonyl (C=O) groups excluding carboxylic acids is 1. The molecule has 1 amide bonds. The van der Waals surface area contributed by atoms with Gasteiger partial charge in [0, 0.05) is 6.04 Å². The van der Waals surface area contributed by atoms with E-state index < -0.39 is 6.04 Å². The van der Waals surface area contributed by atoms with E-state index in [0.717, 1.165) is 29.7 Å². The number of nitrogens with two attached hydrogens (primary N) is 1. The van der Waals surface area contributed by atoms with E-state index in [1.165, 1.54) is 19.3 Å². The number of carbonyl (C=O) groups is 1. The molecule has 0 aliphatic heterocycles. The zero-order valence-electron chi connectivity index (χ0n) is 12.3. The maximum absolute atomic E-state index is 11.8. The zero-order valence-corrected chi connectivity index (χ0v) is 12.3. The molecule has 4 nitrogen and oxygen atoms in total. The van der Waals surface area contributed by atoms with Crippen LogP contribution in [-0.2, 0) is 4.79 Å². The summed E-state index contributed by atoms with van der Waals surface area (Å²) in [5, 5.41) is 3.42. The van der Waals surface area contributed by atoms with Crippen molar-refractivity contribution in [3.8, 4) is 5.75 Å². The van der Waals surface area contributed by atoms with Gasteiger partial charge in [0.2, 0.25) is 5.91 Å². The lowest BCUT2D eigenvalue weighted by atomic mass is 9.93. The second kappa shape index (κ2) is 6.75. The van der Waals surface area contributed by atoms with Gasteiger partial charge >= 0.3 is 0 Å². The first-order chi connectivity index (χ1) is 9.61. The Morgan fingerprint density at radius 1 is 1.35 bits per heavy atom. The van der Waals surface area contributed by atoms with E-state index >= 15 is 0 Å². The first-order valence-electron chi connectivity index (χ1n) is 7.31. The van der Waals surface area contributed by atoms with Crippen molar-refractivity contribution >= 4 is 5.91 Å². The first-order valence-corrected chi connectivity index (χ1v) is 7.31. The summed E-state index contributed by atoms with van der Waals surface area (Å²) in [5.41, 5.74) is 7.51. The fourth-order valence-electron chi connectivity index (χ4n) is 2.93. The van der Waals surface area contributed by atoms with Crippen LogP contribution in [-0.4, -0.2) is 19.1 Å². The molecule has 1 aromatic rings. The Labute approximate surface area is 120 Å². The Kier molecular flexibility index (Phi) is 5.01. The van der Waals surface area contributed by atoms with Crippen molar-refractivity contribution in [2.75, 3.05) is 7.11 Å². The predicted molar refractivity (Wildman–Crippen MR) is 79.7 cm³/mol. The Balaban J connectivity index is 2.15. The second-order valence-electron chi connectivity index (χ2n) is 5.57. The lowest BCUT2D eigenvalue weighted by Gasteiger charge is -2.27. The molecule has 1 atom stereocenters. The lowest BCUT2D eigenvalue weighted by molar-refractivity contribution is -0.120. The minimum Gasteiger partial charge on any atom is -0.496 e. The number of rotatable bonds is 5. The van der Waals surface area contributed by atoms with Gasteiger partial charge in [-0.15, -0.1) is 0 Å². The smallest absolute Gasteiger partial charge is 0.239 e. The fraction of sp³-hybridized carbons (Fsp3) is 0.562. The molecule has 1 aromatic carbocycles. The van der Waals surface area contributed by atoms with Gasteiger partial charge in [0.25, 0.3) is 0 Å². The fourth-order valence-corrected chi connectivity index (χ4v) is 2.93. The maximum Gasteiger partial charge on any atom is 0.239 e. The van der Waals surface area contributed by atoms with Crippen LogP contribution in [0.2, 0.25) is 0 Å². The molecule has 0 heterocycles. The molecule has 0 bridgehead atoms. The topological polar surface area (TPSA) is 64.3 Å². The number of nitrogens with one attached hydrogen (secondary N) is 1. The number of hydrogen-bond donors (Lipinski definition) is 2. The molecule has 0 spiro atoms. The SMILES string of the molecule is COc1ccc(C(NC2CCCCC2)C(N)=O)cc1C. The highest BCUT2D eigenvalue weighted by Crippen LogP contribution is 2.25. The van der Waals surface area contributed by atoms with Gasteiger partial charge in [-0.05, 0) is 37.0 Å². The summed E-state index contributed by atoms with van der Waals surface area (Å²) in [7, 11) is 1.65. The molecule has 110 valence electrons. The van der Waals surface area contributed by atoms with E-state index in [1.807, 2.05) is 25.1 Å². The number of benzene rings is 1. The zero-order chi connectivity index (χ0) is 14.5. The second-order valence-corrected chi connectivity index (χ2v) is 5.57. The van der Waals surface area contributed by atoms with Gasteiger partial charge in [-0.3, -0.25) is 10.1 Å². The van der Waals surface area contributed by atoms with Crippen LogP contribution in [0.3, 0.4) is 0 Å². The van der Waals surface area contributed by atoms with Crippen molar-refractivity contribution in [3.05, 3.63) is 29.3 Å². The Hall–Kier alpha value is -1.55. The van der Waals surface area contributed by atoms with Gasteiger partial charge in [-0.2, -0.15) is 0 Å². The molecule has 1 aliphatic rings. The Morgan fingerprint density at radius 3 is 2.60 bits per heavy atom. The quantitative estimate of drug-likeness (QED) is 0.868. The number of primary amides is 1. The number of amides is 1. The van der Waals surface area contributed by atoms with Crippen LogP contribution in [0.5, 0.6) is 5.75 Å². The van der Waals surface area contributed by atoms with Crippen LogP contribution in [0.4, 0.5) is 0 Å². The molecule has 0 aromatic heterocycles. The summed E-state index contributed by atoms with van der Waals surface area (Å²) in [6.45, 7) is 1.97. The van der Waals surface area contributed by atoms with Crippen molar-refractivity contribution in [2.24, 2.45) is 5.73 Å². The average molecular weight is 276 g/mol. The summed E-state index contributed by atoms with van der Waals surface area (Å²) in [4.78, 5) is 11.8. The molecule has 0 saturated heterocycles. The number of methoxy groups -OCH3 is 1. The van der Waals surface area contributed by atoms with E-state index in [4.69, 9.17) is 10.5 Å². The number of ether oxygens (including phenoxy) is 1. The van der Waals surface area contributed by atoms with Crippen LogP contribution in [0.25, 0.3) is 0 Å². The summed E-state index contributed by atoms with van der Waals surface area (Å²) in [5.74, 6) is 0.509. The molecule has 1 fully saturated rings. The summed E-state index contributed by atoms with van der Waals surface area (Å²) < 4.78 is 5.25. The lowest BCUT2D eigenvalue weighted by Crippen LogP contribution is -2.41. The van der Waals surface area contributed by atoms with Crippen LogP contribution in [0, 0.1) is 6.92 Å². The molecular weight excluding hydrogens is 252 g/mol. The van der Waals surface area contributed by atoms with Gasteiger partial charge in [0.05, 0.1) is 7.11 Å². The molecule has 1 unspecified atom stereocenters. The van der Waals surface area contributed by atoms with Gasteiger partial charge in [-0.25, -0.2) is 0 Å². The van der Waals surface area contributed by atoms with Crippen LogP contribution < -0.4 is 15.8 Å². The van der Waals surface area contributed by atoms with Gasteiger partial charge in [0.1, 0.15) is 11.8 Å². The highest BCUT2D eigenvalue weighted by molar-refractivity contribution is 5.81. The monoisotopic (exact) mass is 276 g/mol. The maximum atomic E-state index is 11.8. The normalized spacial score (nSPS) is 17.7. The van der Waals surface area contributed by atoms with E-state index in [2.05, 4.69) is 5.32 Å². The summed E-state index contributed by atoms with van der Waals surface area (Å²) in [6.07, 6.45) is 5.99. The third-order valence-electron chi connectivity index (χ3n) is 4.04. The molecular formula is C16H24N2O2. The van der Waals surface area contributed by atoms with E-state index in [1.54, 1.807) is 7.11 Å². The molecule has 0 radical (unpaired) electrons. The van der Waals surface area contributed by atoms with Gasteiger partial charge in [-0.1, -0.05) is 31.4 Å². The third-order valence-corrected chi connectivity index (χ3v) is 4.04. The van der Waals surface area contributed by atoms with Crippen LogP contribution in [0.1, 0.15) is 49.3 Å². The summed E-state index contributed by atoms with van der Waals surface area (Å²) in [6, 6.07) is 5.76. The van der Waals surface area contributed by atoms with Crippen molar-refractivity contribution in [1.82, 2.24) is 5.32 Å². The Morgan fingerprint density at radius 2 is 2.05 bits per heavy atom. The number of hydrogen-bond acceptors (Lipinski definition) is 3. The molecule has 20 heavy (non-hydrogen) atoms. The van der Waals surface area contributed by atoms with Crippen molar-refractivity contribution in [3.63, 3.8) is 0 Å². The van der Waals surface area contributed by atoms with Gasteiger partial charge < -0.3 is 10.5 Å². The first kappa shape index (κ1) is 14.9. The average Bonchev–Trinajstić information content (AvgIpc) is 2.45. The predicted octanol–water partition coefficient (Wildman–Crippen LogP) is 2.45. The minimum atomic E-state index is -0.414. The van der Waals surface area contributed by atoms with E-state index in [-0.39, 0.29) is 5.91 Å². The molecule has 3 N–H and O–H groups in total. The standard InChI is InChI=1S/C16H24N2O2/c1-11-10-12(8-9-14(11)20-2)15(16(17)19)18-13-6-4-3-5-7-13/h8-10,13,15,18H,3-7H2,1-2H3,(H2,17,19). The van der Waals surface area contributed by atoms with Crippen LogP contribution >= 0.6 is 0 Å². The van der Waals surface area contributed by atoms with Crippen molar-refractivity contribution in [2.45, 2.75) is 51.1 Å². The minimum absolute atomic E-state index is 0.319.